The van der Waals surface area contributed by atoms with E-state index in [-0.39, 0.29) is 11.9 Å². The summed E-state index contributed by atoms with van der Waals surface area (Å²) < 4.78 is 1.68. The standard InChI is InChI=1S/C14H19N5O/c15-13(12-4-2-1-3-5-12)6-7-14(20)16-8-10-19-11-9-17-18-19/h1-5,9,11,13H,6-8,10,15H2,(H,16,20). The number of nitrogens with one attached hydrogen (secondary N) is 1. The number of carbonyl (C=O) groups excluding carboxylic acids is 1. The molecule has 1 heterocycles. The van der Waals surface area contributed by atoms with E-state index in [1.54, 1.807) is 17.1 Å². The van der Waals surface area contributed by atoms with Crippen LogP contribution in [0.4, 0.5) is 0 Å². The van der Waals surface area contributed by atoms with Crippen molar-refractivity contribution in [2.24, 2.45) is 5.73 Å². The van der Waals surface area contributed by atoms with E-state index in [0.717, 1.165) is 5.56 Å². The van der Waals surface area contributed by atoms with Crippen molar-refractivity contribution in [2.45, 2.75) is 25.4 Å². The molecule has 2 rings (SSSR count). The highest BCUT2D eigenvalue weighted by Gasteiger charge is 2.08. The third kappa shape index (κ3) is 4.47. The van der Waals surface area contributed by atoms with Crippen molar-refractivity contribution in [1.82, 2.24) is 20.3 Å². The molecular formula is C14H19N5O. The molecule has 0 saturated carbocycles. The zero-order chi connectivity index (χ0) is 14.2. The van der Waals surface area contributed by atoms with Crippen molar-refractivity contribution in [2.75, 3.05) is 6.54 Å². The minimum absolute atomic E-state index is 0.0106. The molecule has 0 saturated heterocycles. The van der Waals surface area contributed by atoms with Crippen molar-refractivity contribution < 1.29 is 4.79 Å². The van der Waals surface area contributed by atoms with Gasteiger partial charge in [0.2, 0.25) is 5.91 Å². The van der Waals surface area contributed by atoms with Crippen molar-refractivity contribution >= 4 is 5.91 Å². The predicted molar refractivity (Wildman–Crippen MR) is 75.6 cm³/mol. The van der Waals surface area contributed by atoms with Gasteiger partial charge in [0.1, 0.15) is 0 Å². The lowest BCUT2D eigenvalue weighted by molar-refractivity contribution is -0.121. The maximum absolute atomic E-state index is 11.7. The Bertz CT molecular complexity index is 512. The summed E-state index contributed by atoms with van der Waals surface area (Å²) in [5.41, 5.74) is 7.10. The Morgan fingerprint density at radius 3 is 2.85 bits per heavy atom. The number of amides is 1. The molecule has 1 aromatic carbocycles. The topological polar surface area (TPSA) is 85.8 Å². The van der Waals surface area contributed by atoms with Crippen molar-refractivity contribution in [1.29, 1.82) is 0 Å². The van der Waals surface area contributed by atoms with Crippen LogP contribution < -0.4 is 11.1 Å². The normalized spacial score (nSPS) is 12.1. The number of hydrogen-bond donors (Lipinski definition) is 2. The van der Waals surface area contributed by atoms with Gasteiger partial charge < -0.3 is 11.1 Å². The molecule has 0 aliphatic carbocycles. The van der Waals surface area contributed by atoms with Crippen LogP contribution in [0.2, 0.25) is 0 Å². The Balaban J connectivity index is 1.65. The van der Waals surface area contributed by atoms with Gasteiger partial charge in [-0.05, 0) is 12.0 Å². The Morgan fingerprint density at radius 2 is 2.15 bits per heavy atom. The highest BCUT2D eigenvalue weighted by Crippen LogP contribution is 2.14. The van der Waals surface area contributed by atoms with Crippen LogP contribution in [0, 0.1) is 0 Å². The van der Waals surface area contributed by atoms with Gasteiger partial charge >= 0.3 is 0 Å². The number of nitrogens with two attached hydrogens (primary N) is 1. The van der Waals surface area contributed by atoms with Crippen LogP contribution >= 0.6 is 0 Å². The molecule has 106 valence electrons. The molecule has 0 spiro atoms. The van der Waals surface area contributed by atoms with E-state index in [1.165, 1.54) is 0 Å². The first-order valence-electron chi connectivity index (χ1n) is 6.67. The zero-order valence-corrected chi connectivity index (χ0v) is 11.3. The minimum atomic E-state index is -0.0998. The van der Waals surface area contributed by atoms with E-state index in [4.69, 9.17) is 5.73 Å². The Kier molecular flexibility index (Phi) is 5.25. The Morgan fingerprint density at radius 1 is 1.35 bits per heavy atom. The largest absolute Gasteiger partial charge is 0.354 e. The maximum atomic E-state index is 11.7. The van der Waals surface area contributed by atoms with Crippen LogP contribution in [0.15, 0.2) is 42.7 Å². The number of hydrogen-bond acceptors (Lipinski definition) is 4. The van der Waals surface area contributed by atoms with E-state index < -0.39 is 0 Å². The summed E-state index contributed by atoms with van der Waals surface area (Å²) in [6.07, 6.45) is 4.44. The summed E-state index contributed by atoms with van der Waals surface area (Å²) in [6.45, 7) is 1.17. The van der Waals surface area contributed by atoms with Crippen LogP contribution in [0.25, 0.3) is 0 Å². The molecule has 6 nitrogen and oxygen atoms in total. The molecule has 0 radical (unpaired) electrons. The molecule has 20 heavy (non-hydrogen) atoms. The summed E-state index contributed by atoms with van der Waals surface area (Å²) in [4.78, 5) is 11.7. The third-order valence-electron chi connectivity index (χ3n) is 3.05. The van der Waals surface area contributed by atoms with Crippen LogP contribution in [-0.2, 0) is 11.3 Å². The number of carbonyl (C=O) groups is 1. The number of nitrogens with zero attached hydrogens (tertiary/aromatic N) is 3. The van der Waals surface area contributed by atoms with Gasteiger partial charge in [0, 0.05) is 25.2 Å². The van der Waals surface area contributed by atoms with Gasteiger partial charge in [0.05, 0.1) is 12.7 Å². The maximum Gasteiger partial charge on any atom is 0.220 e. The molecule has 6 heteroatoms. The summed E-state index contributed by atoms with van der Waals surface area (Å²) in [5.74, 6) is 0.0106. The van der Waals surface area contributed by atoms with Crippen molar-refractivity contribution in [3.63, 3.8) is 0 Å². The van der Waals surface area contributed by atoms with E-state index in [0.29, 0.717) is 25.9 Å². The highest BCUT2D eigenvalue weighted by atomic mass is 16.1. The van der Waals surface area contributed by atoms with E-state index in [9.17, 15) is 4.79 Å². The molecule has 1 aromatic heterocycles. The quantitative estimate of drug-likeness (QED) is 0.784. The summed E-state index contributed by atoms with van der Waals surface area (Å²) in [6, 6.07) is 9.71. The molecule has 1 amide bonds. The second-order valence-electron chi connectivity index (χ2n) is 4.57. The monoisotopic (exact) mass is 273 g/mol. The fourth-order valence-electron chi connectivity index (χ4n) is 1.90. The average molecular weight is 273 g/mol. The third-order valence-corrected chi connectivity index (χ3v) is 3.05. The molecule has 0 aliphatic heterocycles. The zero-order valence-electron chi connectivity index (χ0n) is 11.3. The smallest absolute Gasteiger partial charge is 0.220 e. The predicted octanol–water partition coefficient (Wildman–Crippen LogP) is 0.875. The van der Waals surface area contributed by atoms with Gasteiger partial charge in [-0.1, -0.05) is 35.5 Å². The first kappa shape index (κ1) is 14.2. The highest BCUT2D eigenvalue weighted by molar-refractivity contribution is 5.75. The minimum Gasteiger partial charge on any atom is -0.354 e. The number of rotatable bonds is 7. The molecule has 0 aliphatic rings. The molecule has 0 bridgehead atoms. The van der Waals surface area contributed by atoms with E-state index in [2.05, 4.69) is 15.6 Å². The molecule has 2 aromatic rings. The Hall–Kier alpha value is -2.21. The van der Waals surface area contributed by atoms with Crippen LogP contribution in [0.5, 0.6) is 0 Å². The molecular weight excluding hydrogens is 254 g/mol. The first-order valence-corrected chi connectivity index (χ1v) is 6.67. The van der Waals surface area contributed by atoms with E-state index >= 15 is 0 Å². The SMILES string of the molecule is NC(CCC(=O)NCCn1ccnn1)c1ccccc1. The van der Waals surface area contributed by atoms with Crippen LogP contribution in [0.3, 0.4) is 0 Å². The number of aromatic nitrogens is 3. The molecule has 1 atom stereocenters. The second-order valence-corrected chi connectivity index (χ2v) is 4.57. The Labute approximate surface area is 118 Å². The first-order chi connectivity index (χ1) is 9.75. The second kappa shape index (κ2) is 7.40. The molecule has 3 N–H and O–H groups in total. The molecule has 1 unspecified atom stereocenters. The van der Waals surface area contributed by atoms with Crippen LogP contribution in [0.1, 0.15) is 24.4 Å². The van der Waals surface area contributed by atoms with Gasteiger partial charge in [0.25, 0.3) is 0 Å². The summed E-state index contributed by atoms with van der Waals surface area (Å²) >= 11 is 0. The van der Waals surface area contributed by atoms with Crippen molar-refractivity contribution in [3.05, 3.63) is 48.3 Å². The van der Waals surface area contributed by atoms with Gasteiger partial charge in [-0.25, -0.2) is 0 Å². The van der Waals surface area contributed by atoms with Gasteiger partial charge in [0.15, 0.2) is 0 Å². The van der Waals surface area contributed by atoms with Gasteiger partial charge in [-0.2, -0.15) is 0 Å². The lowest BCUT2D eigenvalue weighted by Crippen LogP contribution is -2.28. The van der Waals surface area contributed by atoms with Crippen LogP contribution in [-0.4, -0.2) is 27.4 Å². The number of benzene rings is 1. The van der Waals surface area contributed by atoms with Gasteiger partial charge in [-0.15, -0.1) is 5.10 Å². The van der Waals surface area contributed by atoms with Gasteiger partial charge in [-0.3, -0.25) is 9.48 Å². The fourth-order valence-corrected chi connectivity index (χ4v) is 1.90. The molecule has 0 fully saturated rings. The lowest BCUT2D eigenvalue weighted by Gasteiger charge is -2.11. The average Bonchev–Trinajstić information content (AvgIpc) is 2.99. The van der Waals surface area contributed by atoms with E-state index in [1.807, 2.05) is 30.3 Å². The summed E-state index contributed by atoms with van der Waals surface area (Å²) in [5, 5.41) is 10.4. The fraction of sp³-hybridized carbons (Fsp3) is 0.357. The summed E-state index contributed by atoms with van der Waals surface area (Å²) in [7, 11) is 0. The lowest BCUT2D eigenvalue weighted by atomic mass is 10.0. The van der Waals surface area contributed by atoms with Crippen molar-refractivity contribution in [3.8, 4) is 0 Å².